The van der Waals surface area contributed by atoms with Crippen molar-refractivity contribution in [2.45, 2.75) is 13.0 Å². The fourth-order valence-corrected chi connectivity index (χ4v) is 1.46. The van der Waals surface area contributed by atoms with Gasteiger partial charge in [0.25, 0.3) is 0 Å². The molecule has 0 fully saturated rings. The predicted molar refractivity (Wildman–Crippen MR) is 51.3 cm³/mol. The number of ether oxygens (including phenoxy) is 1. The van der Waals surface area contributed by atoms with Gasteiger partial charge >= 0.3 is 0 Å². The van der Waals surface area contributed by atoms with Crippen LogP contribution in [-0.4, -0.2) is 12.2 Å². The van der Waals surface area contributed by atoms with Gasteiger partial charge in [0, 0.05) is 5.56 Å². The Balaban J connectivity index is 3.25. The van der Waals surface area contributed by atoms with Crippen molar-refractivity contribution in [1.29, 1.82) is 0 Å². The summed E-state index contributed by atoms with van der Waals surface area (Å²) < 4.78 is 18.5. The van der Waals surface area contributed by atoms with Gasteiger partial charge in [-0.25, -0.2) is 4.39 Å². The van der Waals surface area contributed by atoms with Crippen LogP contribution in [0.2, 0.25) is 0 Å². The average Bonchev–Trinajstić information content (AvgIpc) is 2.09. The third-order valence-corrected chi connectivity index (χ3v) is 2.29. The van der Waals surface area contributed by atoms with Crippen LogP contribution in [0.5, 0.6) is 5.75 Å². The Morgan fingerprint density at radius 3 is 2.62 bits per heavy atom. The average molecular weight is 249 g/mol. The van der Waals surface area contributed by atoms with Crippen LogP contribution in [0.25, 0.3) is 0 Å². The predicted octanol–water partition coefficient (Wildman–Crippen LogP) is 2.65. The zero-order valence-electron chi connectivity index (χ0n) is 7.34. The molecule has 1 unspecified atom stereocenters. The molecule has 1 N–H and O–H groups in total. The van der Waals surface area contributed by atoms with E-state index in [0.29, 0.717) is 10.2 Å². The van der Waals surface area contributed by atoms with Crippen LogP contribution in [0.15, 0.2) is 16.6 Å². The Morgan fingerprint density at radius 2 is 2.15 bits per heavy atom. The van der Waals surface area contributed by atoms with Crippen LogP contribution in [0, 0.1) is 5.82 Å². The number of rotatable bonds is 2. The van der Waals surface area contributed by atoms with E-state index in [1.165, 1.54) is 26.2 Å². The molecule has 2 nitrogen and oxygen atoms in total. The third-order valence-electron chi connectivity index (χ3n) is 1.72. The first-order valence-electron chi connectivity index (χ1n) is 3.77. The minimum Gasteiger partial charge on any atom is -0.497 e. The lowest BCUT2D eigenvalue weighted by molar-refractivity contribution is 0.193. The van der Waals surface area contributed by atoms with Gasteiger partial charge in [0.05, 0.1) is 17.7 Å². The van der Waals surface area contributed by atoms with E-state index < -0.39 is 11.9 Å². The molecule has 1 atom stereocenters. The normalized spacial score (nSPS) is 12.7. The lowest BCUT2D eigenvalue weighted by Crippen LogP contribution is -1.98. The summed E-state index contributed by atoms with van der Waals surface area (Å²) in [5.74, 6) is 0.0694. The van der Waals surface area contributed by atoms with Crippen molar-refractivity contribution in [2.75, 3.05) is 7.11 Å². The van der Waals surface area contributed by atoms with E-state index in [4.69, 9.17) is 4.74 Å². The van der Waals surface area contributed by atoms with Crippen molar-refractivity contribution in [2.24, 2.45) is 0 Å². The van der Waals surface area contributed by atoms with Gasteiger partial charge in [0.1, 0.15) is 11.6 Å². The van der Waals surface area contributed by atoms with Gasteiger partial charge in [-0.2, -0.15) is 0 Å². The van der Waals surface area contributed by atoms with E-state index in [0.717, 1.165) is 0 Å². The minimum absolute atomic E-state index is 0.228. The van der Waals surface area contributed by atoms with Gasteiger partial charge in [0.2, 0.25) is 0 Å². The zero-order chi connectivity index (χ0) is 10.0. The van der Waals surface area contributed by atoms with Crippen molar-refractivity contribution in [3.05, 3.63) is 28.0 Å². The molecule has 0 saturated carbocycles. The standard InChI is InChI=1S/C9H10BrFO2/c1-5(12)7-3-6(13-2)4-8(10)9(7)11/h3-5,12H,1-2H3. The first-order valence-corrected chi connectivity index (χ1v) is 4.56. The lowest BCUT2D eigenvalue weighted by atomic mass is 10.1. The maximum atomic E-state index is 13.3. The van der Waals surface area contributed by atoms with Gasteiger partial charge in [-0.1, -0.05) is 0 Å². The second kappa shape index (κ2) is 4.07. The van der Waals surface area contributed by atoms with Crippen LogP contribution in [0.1, 0.15) is 18.6 Å². The Labute approximate surface area is 84.5 Å². The fourth-order valence-electron chi connectivity index (χ4n) is 1.01. The van der Waals surface area contributed by atoms with Gasteiger partial charge in [-0.15, -0.1) is 0 Å². The molecule has 0 radical (unpaired) electrons. The van der Waals surface area contributed by atoms with Crippen molar-refractivity contribution in [3.63, 3.8) is 0 Å². The van der Waals surface area contributed by atoms with E-state index in [1.54, 1.807) is 0 Å². The van der Waals surface area contributed by atoms with Crippen LogP contribution in [0.4, 0.5) is 4.39 Å². The minimum atomic E-state index is -0.841. The SMILES string of the molecule is COc1cc(Br)c(F)c(C(C)O)c1. The third kappa shape index (κ3) is 2.19. The molecule has 0 saturated heterocycles. The van der Waals surface area contributed by atoms with E-state index in [2.05, 4.69) is 15.9 Å². The largest absolute Gasteiger partial charge is 0.497 e. The second-order valence-corrected chi connectivity index (χ2v) is 3.54. The van der Waals surface area contributed by atoms with Crippen molar-refractivity contribution < 1.29 is 14.2 Å². The number of halogens is 2. The molecule has 0 aliphatic heterocycles. The van der Waals surface area contributed by atoms with Crippen LogP contribution in [-0.2, 0) is 0 Å². The molecule has 1 rings (SSSR count). The molecule has 0 amide bonds. The number of aliphatic hydroxyl groups excluding tert-OH is 1. The van der Waals surface area contributed by atoms with Crippen molar-refractivity contribution in [1.82, 2.24) is 0 Å². The molecule has 0 aliphatic rings. The van der Waals surface area contributed by atoms with Gasteiger partial charge < -0.3 is 9.84 Å². The summed E-state index contributed by atoms with van der Waals surface area (Å²) in [6.07, 6.45) is -0.841. The molecule has 0 aromatic heterocycles. The highest BCUT2D eigenvalue weighted by atomic mass is 79.9. The van der Waals surface area contributed by atoms with Crippen LogP contribution in [0.3, 0.4) is 0 Å². The molecule has 13 heavy (non-hydrogen) atoms. The maximum Gasteiger partial charge on any atom is 0.143 e. The quantitative estimate of drug-likeness (QED) is 0.873. The van der Waals surface area contributed by atoms with E-state index in [1.807, 2.05) is 0 Å². The lowest BCUT2D eigenvalue weighted by Gasteiger charge is -2.09. The molecule has 0 spiro atoms. The molecule has 1 aromatic rings. The summed E-state index contributed by atoms with van der Waals surface area (Å²) >= 11 is 3.04. The zero-order valence-corrected chi connectivity index (χ0v) is 8.93. The smallest absolute Gasteiger partial charge is 0.143 e. The second-order valence-electron chi connectivity index (χ2n) is 2.69. The molecule has 1 aromatic carbocycles. The summed E-state index contributed by atoms with van der Waals surface area (Å²) in [6, 6.07) is 2.99. The summed E-state index contributed by atoms with van der Waals surface area (Å²) in [6.45, 7) is 1.50. The number of benzene rings is 1. The fraction of sp³-hybridized carbons (Fsp3) is 0.333. The topological polar surface area (TPSA) is 29.5 Å². The molecule has 0 bridgehead atoms. The summed E-state index contributed by atoms with van der Waals surface area (Å²) in [5, 5.41) is 9.23. The van der Waals surface area contributed by atoms with E-state index in [-0.39, 0.29) is 5.56 Å². The molecular formula is C9H10BrFO2. The number of aliphatic hydroxyl groups is 1. The van der Waals surface area contributed by atoms with E-state index in [9.17, 15) is 9.50 Å². The number of methoxy groups -OCH3 is 1. The van der Waals surface area contributed by atoms with Gasteiger partial charge in [-0.05, 0) is 35.0 Å². The Kier molecular flexibility index (Phi) is 3.27. The highest BCUT2D eigenvalue weighted by Gasteiger charge is 2.13. The van der Waals surface area contributed by atoms with Crippen LogP contribution >= 0.6 is 15.9 Å². The van der Waals surface area contributed by atoms with Gasteiger partial charge in [0.15, 0.2) is 0 Å². The number of hydrogen-bond acceptors (Lipinski definition) is 2. The molecule has 0 aliphatic carbocycles. The Morgan fingerprint density at radius 1 is 1.54 bits per heavy atom. The van der Waals surface area contributed by atoms with E-state index >= 15 is 0 Å². The highest BCUT2D eigenvalue weighted by molar-refractivity contribution is 9.10. The molecule has 4 heteroatoms. The Hall–Kier alpha value is -0.610. The first-order chi connectivity index (χ1) is 6.06. The number of hydrogen-bond donors (Lipinski definition) is 1. The molecular weight excluding hydrogens is 239 g/mol. The van der Waals surface area contributed by atoms with Gasteiger partial charge in [-0.3, -0.25) is 0 Å². The Bertz CT molecular complexity index is 313. The van der Waals surface area contributed by atoms with Crippen molar-refractivity contribution >= 4 is 15.9 Å². The highest BCUT2D eigenvalue weighted by Crippen LogP contribution is 2.29. The summed E-state index contributed by atoms with van der Waals surface area (Å²) in [5.41, 5.74) is 0.228. The monoisotopic (exact) mass is 248 g/mol. The summed E-state index contributed by atoms with van der Waals surface area (Å²) in [4.78, 5) is 0. The first kappa shape index (κ1) is 10.5. The molecule has 72 valence electrons. The molecule has 0 heterocycles. The van der Waals surface area contributed by atoms with Crippen LogP contribution < -0.4 is 4.74 Å². The summed E-state index contributed by atoms with van der Waals surface area (Å²) in [7, 11) is 1.49. The van der Waals surface area contributed by atoms with Crippen molar-refractivity contribution in [3.8, 4) is 5.75 Å². The maximum absolute atomic E-state index is 13.3.